The minimum atomic E-state index is 0.764. The predicted molar refractivity (Wildman–Crippen MR) is 84.0 cm³/mol. The third-order valence-corrected chi connectivity index (χ3v) is 5.29. The lowest BCUT2D eigenvalue weighted by Gasteiger charge is -2.34. The second-order valence-electron chi connectivity index (χ2n) is 6.36. The Kier molecular flexibility index (Phi) is 4.71. The summed E-state index contributed by atoms with van der Waals surface area (Å²) in [4.78, 5) is 9.67. The second-order valence-corrected chi connectivity index (χ2v) is 7.30. The van der Waals surface area contributed by atoms with Crippen molar-refractivity contribution >= 4 is 11.3 Å². The number of rotatable bonds is 6. The van der Waals surface area contributed by atoms with Gasteiger partial charge in [-0.2, -0.15) is 0 Å². The van der Waals surface area contributed by atoms with E-state index in [1.165, 1.54) is 49.5 Å². The standard InChI is InChI=1S/C15H26N4S/c1-18(2)14-5-7-19(8-6-14)10-13-11-20-15(17-13)9-16-12-3-4-12/h11-12,14,16H,3-10H2,1-2H3. The molecule has 1 aromatic heterocycles. The number of hydrogen-bond acceptors (Lipinski definition) is 5. The van der Waals surface area contributed by atoms with Gasteiger partial charge in [0.15, 0.2) is 0 Å². The van der Waals surface area contributed by atoms with E-state index in [-0.39, 0.29) is 0 Å². The SMILES string of the molecule is CN(C)C1CCN(Cc2csc(CNC3CC3)n2)CC1. The molecule has 0 spiro atoms. The van der Waals surface area contributed by atoms with Crippen molar-refractivity contribution in [2.24, 2.45) is 0 Å². The molecule has 1 aliphatic carbocycles. The molecule has 2 heterocycles. The molecule has 1 saturated carbocycles. The Bertz CT molecular complexity index is 419. The molecule has 3 rings (SSSR count). The van der Waals surface area contributed by atoms with Crippen LogP contribution in [0.15, 0.2) is 5.38 Å². The second kappa shape index (κ2) is 6.52. The summed E-state index contributed by atoms with van der Waals surface area (Å²) in [5.41, 5.74) is 1.26. The molecule has 5 heteroatoms. The normalized spacial score (nSPS) is 21.8. The van der Waals surface area contributed by atoms with E-state index in [9.17, 15) is 0 Å². The minimum Gasteiger partial charge on any atom is -0.308 e. The summed E-state index contributed by atoms with van der Waals surface area (Å²) < 4.78 is 0. The molecular formula is C15H26N4S. The van der Waals surface area contributed by atoms with Gasteiger partial charge in [-0.05, 0) is 39.8 Å². The average Bonchev–Trinajstić information content (AvgIpc) is 3.17. The molecule has 0 unspecified atom stereocenters. The molecule has 0 bridgehead atoms. The number of piperidine rings is 1. The molecule has 112 valence electrons. The van der Waals surface area contributed by atoms with Crippen molar-refractivity contribution < 1.29 is 0 Å². The van der Waals surface area contributed by atoms with Crippen LogP contribution in [0.5, 0.6) is 0 Å². The lowest BCUT2D eigenvalue weighted by Crippen LogP contribution is -2.41. The number of likely N-dealkylation sites (tertiary alicyclic amines) is 1. The fourth-order valence-corrected chi connectivity index (χ4v) is 3.58. The zero-order valence-corrected chi connectivity index (χ0v) is 13.5. The van der Waals surface area contributed by atoms with Gasteiger partial charge in [-0.15, -0.1) is 11.3 Å². The van der Waals surface area contributed by atoms with Crippen LogP contribution in [0.25, 0.3) is 0 Å². The monoisotopic (exact) mass is 294 g/mol. The quantitative estimate of drug-likeness (QED) is 0.868. The molecule has 1 saturated heterocycles. The Balaban J connectivity index is 1.43. The lowest BCUT2D eigenvalue weighted by molar-refractivity contribution is 0.139. The van der Waals surface area contributed by atoms with Gasteiger partial charge in [-0.25, -0.2) is 4.98 Å². The zero-order chi connectivity index (χ0) is 13.9. The van der Waals surface area contributed by atoms with Crippen LogP contribution in [0, 0.1) is 0 Å². The van der Waals surface area contributed by atoms with Gasteiger partial charge in [0.25, 0.3) is 0 Å². The maximum absolute atomic E-state index is 4.76. The van der Waals surface area contributed by atoms with Crippen molar-refractivity contribution in [3.05, 3.63) is 16.1 Å². The first-order chi connectivity index (χ1) is 9.70. The third-order valence-electron chi connectivity index (χ3n) is 4.39. The largest absolute Gasteiger partial charge is 0.308 e. The zero-order valence-electron chi connectivity index (χ0n) is 12.6. The average molecular weight is 294 g/mol. The number of aromatic nitrogens is 1. The van der Waals surface area contributed by atoms with Gasteiger partial charge in [0.2, 0.25) is 0 Å². The summed E-state index contributed by atoms with van der Waals surface area (Å²) in [5.74, 6) is 0. The number of nitrogens with one attached hydrogen (secondary N) is 1. The molecule has 2 fully saturated rings. The molecule has 2 aliphatic rings. The highest BCUT2D eigenvalue weighted by atomic mass is 32.1. The first-order valence-corrected chi connectivity index (χ1v) is 8.64. The van der Waals surface area contributed by atoms with Crippen molar-refractivity contribution in [3.8, 4) is 0 Å². The van der Waals surface area contributed by atoms with Crippen molar-refractivity contribution in [1.82, 2.24) is 20.1 Å². The highest BCUT2D eigenvalue weighted by Crippen LogP contribution is 2.21. The van der Waals surface area contributed by atoms with Crippen LogP contribution in [-0.2, 0) is 13.1 Å². The number of nitrogens with zero attached hydrogens (tertiary/aromatic N) is 3. The first-order valence-electron chi connectivity index (χ1n) is 7.76. The molecule has 1 aliphatic heterocycles. The molecule has 0 aromatic carbocycles. The molecule has 1 N–H and O–H groups in total. The van der Waals surface area contributed by atoms with Crippen LogP contribution < -0.4 is 5.32 Å². The van der Waals surface area contributed by atoms with Crippen LogP contribution in [0.3, 0.4) is 0 Å². The van der Waals surface area contributed by atoms with Crippen LogP contribution in [0.2, 0.25) is 0 Å². The molecule has 1 aromatic rings. The first kappa shape index (κ1) is 14.4. The molecular weight excluding hydrogens is 268 g/mol. The molecule has 4 nitrogen and oxygen atoms in total. The van der Waals surface area contributed by atoms with Gasteiger partial charge >= 0.3 is 0 Å². The van der Waals surface area contributed by atoms with Crippen LogP contribution in [-0.4, -0.2) is 54.1 Å². The van der Waals surface area contributed by atoms with E-state index in [0.717, 1.165) is 25.2 Å². The molecule has 20 heavy (non-hydrogen) atoms. The molecule has 0 amide bonds. The number of thiazole rings is 1. The van der Waals surface area contributed by atoms with E-state index in [0.29, 0.717) is 0 Å². The maximum Gasteiger partial charge on any atom is 0.107 e. The van der Waals surface area contributed by atoms with E-state index < -0.39 is 0 Å². The highest BCUT2D eigenvalue weighted by molar-refractivity contribution is 7.09. The van der Waals surface area contributed by atoms with Gasteiger partial charge in [0.05, 0.1) is 5.69 Å². The summed E-state index contributed by atoms with van der Waals surface area (Å²) in [5, 5.41) is 7.02. The summed E-state index contributed by atoms with van der Waals surface area (Å²) in [6.45, 7) is 4.39. The summed E-state index contributed by atoms with van der Waals surface area (Å²) in [7, 11) is 4.39. The fourth-order valence-electron chi connectivity index (χ4n) is 2.84. The predicted octanol–water partition coefficient (Wildman–Crippen LogP) is 1.92. The maximum atomic E-state index is 4.76. The van der Waals surface area contributed by atoms with Crippen LogP contribution in [0.1, 0.15) is 36.4 Å². The van der Waals surface area contributed by atoms with E-state index in [1.807, 2.05) is 0 Å². The Morgan fingerprint density at radius 3 is 2.70 bits per heavy atom. The summed E-state index contributed by atoms with van der Waals surface area (Å²) in [6.07, 6.45) is 5.26. The van der Waals surface area contributed by atoms with Gasteiger partial charge in [0, 0.05) is 43.6 Å². The Hall–Kier alpha value is -0.490. The summed E-state index contributed by atoms with van der Waals surface area (Å²) in [6, 6.07) is 1.53. The van der Waals surface area contributed by atoms with E-state index >= 15 is 0 Å². The van der Waals surface area contributed by atoms with Crippen molar-refractivity contribution in [1.29, 1.82) is 0 Å². The smallest absolute Gasteiger partial charge is 0.107 e. The fraction of sp³-hybridized carbons (Fsp3) is 0.800. The third kappa shape index (κ3) is 4.01. The van der Waals surface area contributed by atoms with Crippen molar-refractivity contribution in [2.45, 2.75) is 50.9 Å². The van der Waals surface area contributed by atoms with E-state index in [1.54, 1.807) is 11.3 Å². The molecule has 0 atom stereocenters. The van der Waals surface area contributed by atoms with Gasteiger partial charge in [0.1, 0.15) is 5.01 Å². The van der Waals surface area contributed by atoms with Gasteiger partial charge < -0.3 is 10.2 Å². The summed E-state index contributed by atoms with van der Waals surface area (Å²) >= 11 is 1.80. The van der Waals surface area contributed by atoms with Crippen molar-refractivity contribution in [2.75, 3.05) is 27.2 Å². The highest BCUT2D eigenvalue weighted by Gasteiger charge is 2.22. The van der Waals surface area contributed by atoms with Gasteiger partial charge in [-0.3, -0.25) is 4.90 Å². The van der Waals surface area contributed by atoms with Crippen molar-refractivity contribution in [3.63, 3.8) is 0 Å². The Morgan fingerprint density at radius 2 is 2.05 bits per heavy atom. The Morgan fingerprint density at radius 1 is 1.30 bits per heavy atom. The molecule has 0 radical (unpaired) electrons. The van der Waals surface area contributed by atoms with Crippen LogP contribution >= 0.6 is 11.3 Å². The number of hydrogen-bond donors (Lipinski definition) is 1. The minimum absolute atomic E-state index is 0.764. The Labute approximate surface area is 126 Å². The van der Waals surface area contributed by atoms with E-state index in [2.05, 4.69) is 34.6 Å². The van der Waals surface area contributed by atoms with E-state index in [4.69, 9.17) is 4.98 Å². The van der Waals surface area contributed by atoms with Crippen LogP contribution in [0.4, 0.5) is 0 Å². The van der Waals surface area contributed by atoms with Gasteiger partial charge in [-0.1, -0.05) is 0 Å². The lowest BCUT2D eigenvalue weighted by atomic mass is 10.0. The topological polar surface area (TPSA) is 31.4 Å².